The third kappa shape index (κ3) is 3.49. The van der Waals surface area contributed by atoms with E-state index in [2.05, 4.69) is 41.3 Å². The molecule has 0 radical (unpaired) electrons. The molecule has 1 fully saturated rings. The average molecular weight is 480 g/mol. The van der Waals surface area contributed by atoms with Crippen molar-refractivity contribution >= 4 is 22.4 Å². The number of esters is 1. The minimum absolute atomic E-state index is 0.0620. The normalized spacial score (nSPS) is 19.1. The predicted octanol–water partition coefficient (Wildman–Crippen LogP) is 5.85. The molecule has 1 atom stereocenters. The first-order valence-corrected chi connectivity index (χ1v) is 12.5. The molecule has 0 saturated carbocycles. The number of rotatable bonds is 4. The molecule has 0 bridgehead atoms. The van der Waals surface area contributed by atoms with Gasteiger partial charge in [-0.15, -0.1) is 0 Å². The fourth-order valence-electron chi connectivity index (χ4n) is 5.91. The number of ether oxygens (including phenoxy) is 2. The number of phenolic OH excluding ortho intramolecular Hbond substituents is 1. The van der Waals surface area contributed by atoms with Crippen molar-refractivity contribution < 1.29 is 19.4 Å². The van der Waals surface area contributed by atoms with Gasteiger partial charge in [-0.2, -0.15) is 0 Å². The summed E-state index contributed by atoms with van der Waals surface area (Å²) in [6, 6.07) is 26.5. The first-order valence-electron chi connectivity index (χ1n) is 12.5. The summed E-state index contributed by atoms with van der Waals surface area (Å²) in [7, 11) is 1.34. The zero-order valence-electron chi connectivity index (χ0n) is 20.4. The number of carbonyl (C=O) groups is 1. The first kappa shape index (κ1) is 22.5. The van der Waals surface area contributed by atoms with Crippen LogP contribution < -0.4 is 9.64 Å². The Balaban J connectivity index is 1.54. The zero-order chi connectivity index (χ0) is 24.7. The molecular formula is C31H29NO4. The molecule has 4 aromatic rings. The third-order valence-electron chi connectivity index (χ3n) is 7.79. The van der Waals surface area contributed by atoms with Crippen molar-refractivity contribution in [1.82, 2.24) is 0 Å². The smallest absolute Gasteiger partial charge is 0.342 e. The van der Waals surface area contributed by atoms with E-state index in [1.54, 1.807) is 6.07 Å². The number of methoxy groups -OCH3 is 1. The summed E-state index contributed by atoms with van der Waals surface area (Å²) < 4.78 is 11.7. The maximum absolute atomic E-state index is 13.0. The van der Waals surface area contributed by atoms with Gasteiger partial charge in [-0.3, -0.25) is 0 Å². The summed E-state index contributed by atoms with van der Waals surface area (Å²) in [6.45, 7) is 2.60. The average Bonchev–Trinajstić information content (AvgIpc) is 3.48. The number of phenols is 1. The predicted molar refractivity (Wildman–Crippen MR) is 141 cm³/mol. The highest BCUT2D eigenvalue weighted by molar-refractivity contribution is 6.06. The minimum atomic E-state index is -0.564. The third-order valence-corrected chi connectivity index (χ3v) is 7.79. The monoisotopic (exact) mass is 479 g/mol. The molecule has 2 aliphatic heterocycles. The number of hydrogen-bond donors (Lipinski definition) is 1. The van der Waals surface area contributed by atoms with E-state index in [-0.39, 0.29) is 11.3 Å². The van der Waals surface area contributed by atoms with Crippen LogP contribution in [-0.2, 0) is 16.6 Å². The van der Waals surface area contributed by atoms with E-state index < -0.39 is 11.4 Å². The lowest BCUT2D eigenvalue weighted by atomic mass is 9.69. The lowest BCUT2D eigenvalue weighted by molar-refractivity contribution is 0.0594. The molecule has 2 aliphatic rings. The van der Waals surface area contributed by atoms with Crippen LogP contribution in [0.1, 0.15) is 39.9 Å². The Bertz CT molecular complexity index is 1420. The number of carbonyl (C=O) groups excluding carboxylic acids is 1. The second kappa shape index (κ2) is 8.90. The molecule has 0 aliphatic carbocycles. The second-order valence-electron chi connectivity index (χ2n) is 9.72. The Morgan fingerprint density at radius 3 is 2.22 bits per heavy atom. The van der Waals surface area contributed by atoms with Gasteiger partial charge in [-0.1, -0.05) is 66.7 Å². The number of aromatic hydroxyl groups is 1. The maximum atomic E-state index is 13.0. The van der Waals surface area contributed by atoms with Gasteiger partial charge in [0.05, 0.1) is 12.5 Å². The van der Waals surface area contributed by atoms with E-state index in [0.717, 1.165) is 29.6 Å². The van der Waals surface area contributed by atoms with E-state index in [1.807, 2.05) is 36.4 Å². The molecule has 0 amide bonds. The largest absolute Gasteiger partial charge is 0.506 e. The summed E-state index contributed by atoms with van der Waals surface area (Å²) in [4.78, 5) is 15.4. The summed E-state index contributed by atoms with van der Waals surface area (Å²) in [6.07, 6.45) is 2.96. The summed E-state index contributed by atoms with van der Waals surface area (Å²) in [5, 5.41) is 12.6. The van der Waals surface area contributed by atoms with Gasteiger partial charge in [-0.05, 0) is 42.5 Å². The van der Waals surface area contributed by atoms with E-state index in [4.69, 9.17) is 9.47 Å². The Morgan fingerprint density at radius 2 is 1.53 bits per heavy atom. The molecule has 0 aromatic heterocycles. The van der Waals surface area contributed by atoms with E-state index >= 15 is 0 Å². The molecule has 5 heteroatoms. The lowest BCUT2D eigenvalue weighted by Crippen LogP contribution is -2.41. The Hall–Kier alpha value is -3.99. The molecule has 182 valence electrons. The van der Waals surface area contributed by atoms with Crippen molar-refractivity contribution in [3.63, 3.8) is 0 Å². The van der Waals surface area contributed by atoms with Gasteiger partial charge in [0.2, 0.25) is 0 Å². The van der Waals surface area contributed by atoms with Gasteiger partial charge in [0, 0.05) is 35.1 Å². The van der Waals surface area contributed by atoms with Crippen molar-refractivity contribution in [2.24, 2.45) is 0 Å². The van der Waals surface area contributed by atoms with Crippen molar-refractivity contribution in [2.45, 2.75) is 24.7 Å². The van der Waals surface area contributed by atoms with Crippen molar-refractivity contribution in [3.05, 3.63) is 101 Å². The van der Waals surface area contributed by atoms with Crippen LogP contribution in [0.3, 0.4) is 0 Å². The van der Waals surface area contributed by atoms with Crippen LogP contribution >= 0.6 is 0 Å². The molecule has 2 heterocycles. The van der Waals surface area contributed by atoms with E-state index in [0.29, 0.717) is 29.7 Å². The van der Waals surface area contributed by atoms with Gasteiger partial charge in [-0.25, -0.2) is 4.79 Å². The topological polar surface area (TPSA) is 59.0 Å². The van der Waals surface area contributed by atoms with Gasteiger partial charge >= 0.3 is 5.97 Å². The number of nitrogens with zero attached hydrogens (tertiary/aromatic N) is 1. The highest BCUT2D eigenvalue weighted by atomic mass is 16.5. The summed E-state index contributed by atoms with van der Waals surface area (Å²) >= 11 is 0. The Labute approximate surface area is 210 Å². The van der Waals surface area contributed by atoms with Gasteiger partial charge < -0.3 is 19.5 Å². The Morgan fingerprint density at radius 1 is 0.889 bits per heavy atom. The van der Waals surface area contributed by atoms with Crippen LogP contribution in [0.5, 0.6) is 11.5 Å². The fraction of sp³-hybridized carbons (Fsp3) is 0.258. The van der Waals surface area contributed by atoms with Gasteiger partial charge in [0.15, 0.2) is 0 Å². The van der Waals surface area contributed by atoms with Gasteiger partial charge in [0.25, 0.3) is 0 Å². The van der Waals surface area contributed by atoms with Crippen molar-refractivity contribution in [3.8, 4) is 11.5 Å². The number of anilines is 1. The molecule has 1 saturated heterocycles. The van der Waals surface area contributed by atoms with Crippen LogP contribution in [0.25, 0.3) is 10.8 Å². The van der Waals surface area contributed by atoms with Crippen LogP contribution in [-0.4, -0.2) is 37.9 Å². The highest BCUT2D eigenvalue weighted by Gasteiger charge is 2.42. The van der Waals surface area contributed by atoms with Crippen molar-refractivity contribution in [2.75, 3.05) is 31.7 Å². The molecule has 0 spiro atoms. The quantitative estimate of drug-likeness (QED) is 0.372. The summed E-state index contributed by atoms with van der Waals surface area (Å²) in [5.41, 5.74) is 3.78. The van der Waals surface area contributed by atoms with Crippen LogP contribution in [0, 0.1) is 0 Å². The first-order chi connectivity index (χ1) is 17.6. The molecule has 1 N–H and O–H groups in total. The SMILES string of the molecule is COC(=O)c1c2c(c3ccccc3c1O)OCC(c1ccccc1)(c1ccc(N3CCCC3)cc1)C2. The standard InChI is InChI=1S/C31H29NO4/c1-35-30(34)27-26-19-31(21-9-3-2-4-10-21,22-13-15-23(16-14-22)32-17-7-8-18-32)20-36-29(26)25-12-6-5-11-24(25)28(27)33/h2-6,9-16,33H,7-8,17-20H2,1H3. The maximum Gasteiger partial charge on any atom is 0.342 e. The highest BCUT2D eigenvalue weighted by Crippen LogP contribution is 2.49. The lowest BCUT2D eigenvalue weighted by Gasteiger charge is -2.40. The number of hydrogen-bond acceptors (Lipinski definition) is 5. The fourth-order valence-corrected chi connectivity index (χ4v) is 5.91. The van der Waals surface area contributed by atoms with Crippen molar-refractivity contribution in [1.29, 1.82) is 0 Å². The van der Waals surface area contributed by atoms with Gasteiger partial charge in [0.1, 0.15) is 23.7 Å². The molecule has 4 aromatic carbocycles. The molecule has 5 nitrogen and oxygen atoms in total. The zero-order valence-corrected chi connectivity index (χ0v) is 20.4. The molecular weight excluding hydrogens is 450 g/mol. The number of fused-ring (bicyclic) bond motifs is 3. The van der Waals surface area contributed by atoms with E-state index in [9.17, 15) is 9.90 Å². The Kier molecular flexibility index (Phi) is 5.56. The van der Waals surface area contributed by atoms with Crippen LogP contribution in [0.2, 0.25) is 0 Å². The van der Waals surface area contributed by atoms with Crippen LogP contribution in [0.15, 0.2) is 78.9 Å². The summed E-state index contributed by atoms with van der Waals surface area (Å²) in [5.74, 6) is 0.0171. The number of benzene rings is 4. The van der Waals surface area contributed by atoms with E-state index in [1.165, 1.54) is 25.6 Å². The molecule has 36 heavy (non-hydrogen) atoms. The second-order valence-corrected chi connectivity index (χ2v) is 9.72. The van der Waals surface area contributed by atoms with Crippen LogP contribution in [0.4, 0.5) is 5.69 Å². The molecule has 6 rings (SSSR count). The molecule has 1 unspecified atom stereocenters. The minimum Gasteiger partial charge on any atom is -0.506 e.